The lowest BCUT2D eigenvalue weighted by atomic mass is 10.1. The van der Waals surface area contributed by atoms with E-state index in [1.54, 1.807) is 0 Å². The first-order valence-corrected chi connectivity index (χ1v) is 7.63. The molecular weight excluding hydrogens is 260 g/mol. The molecule has 0 aliphatic carbocycles. The van der Waals surface area contributed by atoms with Gasteiger partial charge in [0, 0.05) is 25.0 Å². The molecule has 0 saturated carbocycles. The zero-order valence-electron chi connectivity index (χ0n) is 13.3. The minimum absolute atomic E-state index is 0.775. The number of nitrogens with one attached hydrogen (secondary N) is 1. The first-order valence-electron chi connectivity index (χ1n) is 7.63. The molecule has 21 heavy (non-hydrogen) atoms. The zero-order chi connectivity index (χ0) is 15.2. The van der Waals surface area contributed by atoms with Crippen LogP contribution in [0.4, 0.5) is 17.5 Å². The highest BCUT2D eigenvalue weighted by molar-refractivity contribution is 5.65. The van der Waals surface area contributed by atoms with Gasteiger partial charge in [-0.25, -0.2) is 4.98 Å². The minimum Gasteiger partial charge on any atom is -0.341 e. The molecule has 2 aromatic rings. The Labute approximate surface area is 127 Å². The quantitative estimate of drug-likeness (QED) is 0.872. The maximum absolute atomic E-state index is 4.63. The Morgan fingerprint density at radius 2 is 1.86 bits per heavy atom. The van der Waals surface area contributed by atoms with E-state index in [0.29, 0.717) is 0 Å². The summed E-state index contributed by atoms with van der Waals surface area (Å²) in [5.41, 5.74) is 3.69. The van der Waals surface area contributed by atoms with E-state index in [0.717, 1.165) is 37.0 Å². The van der Waals surface area contributed by atoms with E-state index in [-0.39, 0.29) is 0 Å². The fourth-order valence-corrected chi connectivity index (χ4v) is 2.41. The molecule has 0 unspecified atom stereocenters. The lowest BCUT2D eigenvalue weighted by Gasteiger charge is -2.19. The predicted molar refractivity (Wildman–Crippen MR) is 89.4 cm³/mol. The summed E-state index contributed by atoms with van der Waals surface area (Å²) in [6.45, 7) is 10.3. The molecule has 0 amide bonds. The van der Waals surface area contributed by atoms with Gasteiger partial charge in [0.25, 0.3) is 0 Å². The molecule has 0 saturated heterocycles. The van der Waals surface area contributed by atoms with Crippen molar-refractivity contribution in [3.05, 3.63) is 41.6 Å². The van der Waals surface area contributed by atoms with Gasteiger partial charge < -0.3 is 10.2 Å². The van der Waals surface area contributed by atoms with Gasteiger partial charge in [-0.1, -0.05) is 25.1 Å². The average molecular weight is 284 g/mol. The molecule has 1 aromatic heterocycles. The maximum Gasteiger partial charge on any atom is 0.227 e. The van der Waals surface area contributed by atoms with Gasteiger partial charge >= 0.3 is 0 Å². The van der Waals surface area contributed by atoms with E-state index < -0.39 is 0 Å². The molecule has 1 heterocycles. The van der Waals surface area contributed by atoms with Gasteiger partial charge in [-0.05, 0) is 44.4 Å². The van der Waals surface area contributed by atoms with Gasteiger partial charge in [0.05, 0.1) is 0 Å². The van der Waals surface area contributed by atoms with Crippen LogP contribution in [0.2, 0.25) is 0 Å². The molecule has 4 heteroatoms. The summed E-state index contributed by atoms with van der Waals surface area (Å²) in [6.07, 6.45) is 2.81. The number of aryl methyl sites for hydroxylation is 2. The molecule has 0 radical (unpaired) electrons. The van der Waals surface area contributed by atoms with Gasteiger partial charge in [-0.15, -0.1) is 0 Å². The van der Waals surface area contributed by atoms with Gasteiger partial charge in [0.1, 0.15) is 5.82 Å². The van der Waals surface area contributed by atoms with Crippen molar-refractivity contribution in [1.82, 2.24) is 9.97 Å². The van der Waals surface area contributed by atoms with Crippen LogP contribution in [0, 0.1) is 6.92 Å². The standard InChI is InChI=1S/C17H24N4/c1-5-14-10-8-9-13(4)16(14)19-15-11-12-18-17(20-15)21(6-2)7-3/h8-12H,5-7H2,1-4H3,(H,18,19,20). The summed E-state index contributed by atoms with van der Waals surface area (Å²) in [4.78, 5) is 11.1. The monoisotopic (exact) mass is 284 g/mol. The lowest BCUT2D eigenvalue weighted by molar-refractivity contribution is 0.822. The van der Waals surface area contributed by atoms with E-state index in [1.807, 2.05) is 12.3 Å². The van der Waals surface area contributed by atoms with Crippen LogP contribution >= 0.6 is 0 Å². The Kier molecular flexibility index (Phi) is 5.14. The number of nitrogens with zero attached hydrogens (tertiary/aromatic N) is 3. The summed E-state index contributed by atoms with van der Waals surface area (Å²) >= 11 is 0. The van der Waals surface area contributed by atoms with Crippen LogP contribution in [0.25, 0.3) is 0 Å². The van der Waals surface area contributed by atoms with Gasteiger partial charge in [-0.2, -0.15) is 4.98 Å². The summed E-state index contributed by atoms with van der Waals surface area (Å²) < 4.78 is 0. The Bertz CT molecular complexity index is 591. The number of hydrogen-bond donors (Lipinski definition) is 1. The number of anilines is 3. The molecule has 2 rings (SSSR count). The van der Waals surface area contributed by atoms with Crippen molar-refractivity contribution in [2.24, 2.45) is 0 Å². The second-order valence-electron chi connectivity index (χ2n) is 5.00. The molecule has 0 fully saturated rings. The number of benzene rings is 1. The summed E-state index contributed by atoms with van der Waals surface area (Å²) in [7, 11) is 0. The van der Waals surface area contributed by atoms with Crippen molar-refractivity contribution in [2.45, 2.75) is 34.1 Å². The molecule has 0 atom stereocenters. The highest BCUT2D eigenvalue weighted by Crippen LogP contribution is 2.25. The van der Waals surface area contributed by atoms with Crippen molar-refractivity contribution >= 4 is 17.5 Å². The van der Waals surface area contributed by atoms with Crippen molar-refractivity contribution in [3.8, 4) is 0 Å². The average Bonchev–Trinajstić information content (AvgIpc) is 2.51. The lowest BCUT2D eigenvalue weighted by Crippen LogP contribution is -2.24. The number of hydrogen-bond acceptors (Lipinski definition) is 4. The Morgan fingerprint density at radius 1 is 1.10 bits per heavy atom. The van der Waals surface area contributed by atoms with E-state index >= 15 is 0 Å². The second-order valence-corrected chi connectivity index (χ2v) is 5.00. The first kappa shape index (κ1) is 15.3. The predicted octanol–water partition coefficient (Wildman–Crippen LogP) is 3.94. The number of aromatic nitrogens is 2. The normalized spacial score (nSPS) is 10.5. The Balaban J connectivity index is 2.30. The van der Waals surface area contributed by atoms with Gasteiger partial charge in [-0.3, -0.25) is 0 Å². The Morgan fingerprint density at radius 3 is 2.52 bits per heavy atom. The van der Waals surface area contributed by atoms with E-state index in [2.05, 4.69) is 66.1 Å². The van der Waals surface area contributed by atoms with Gasteiger partial charge in [0.15, 0.2) is 0 Å². The highest BCUT2D eigenvalue weighted by atomic mass is 15.3. The van der Waals surface area contributed by atoms with Crippen LogP contribution in [0.15, 0.2) is 30.5 Å². The summed E-state index contributed by atoms with van der Waals surface area (Å²) in [5.74, 6) is 1.62. The Hall–Kier alpha value is -2.10. The third-order valence-corrected chi connectivity index (χ3v) is 3.68. The number of para-hydroxylation sites is 1. The van der Waals surface area contributed by atoms with Gasteiger partial charge in [0.2, 0.25) is 5.95 Å². The number of rotatable bonds is 6. The summed E-state index contributed by atoms with van der Waals surface area (Å²) in [5, 5.41) is 3.46. The third-order valence-electron chi connectivity index (χ3n) is 3.68. The molecule has 0 spiro atoms. The molecule has 0 aliphatic heterocycles. The SMILES string of the molecule is CCc1cccc(C)c1Nc1ccnc(N(CC)CC)n1. The second kappa shape index (κ2) is 7.07. The fraction of sp³-hybridized carbons (Fsp3) is 0.412. The first-order chi connectivity index (χ1) is 10.2. The summed E-state index contributed by atoms with van der Waals surface area (Å²) in [6, 6.07) is 8.29. The smallest absolute Gasteiger partial charge is 0.227 e. The molecule has 0 aliphatic rings. The molecular formula is C17H24N4. The van der Waals surface area contributed by atoms with Crippen molar-refractivity contribution < 1.29 is 0 Å². The third kappa shape index (κ3) is 3.51. The molecule has 1 N–H and O–H groups in total. The van der Waals surface area contributed by atoms with Crippen molar-refractivity contribution in [3.63, 3.8) is 0 Å². The van der Waals surface area contributed by atoms with Crippen LogP contribution in [-0.2, 0) is 6.42 Å². The van der Waals surface area contributed by atoms with Crippen LogP contribution < -0.4 is 10.2 Å². The van der Waals surface area contributed by atoms with Crippen LogP contribution in [-0.4, -0.2) is 23.1 Å². The largest absolute Gasteiger partial charge is 0.341 e. The van der Waals surface area contributed by atoms with Crippen molar-refractivity contribution in [2.75, 3.05) is 23.3 Å². The zero-order valence-corrected chi connectivity index (χ0v) is 13.3. The van der Waals surface area contributed by atoms with Crippen LogP contribution in [0.5, 0.6) is 0 Å². The van der Waals surface area contributed by atoms with E-state index in [4.69, 9.17) is 0 Å². The molecule has 4 nitrogen and oxygen atoms in total. The highest BCUT2D eigenvalue weighted by Gasteiger charge is 2.08. The van der Waals surface area contributed by atoms with Crippen LogP contribution in [0.1, 0.15) is 31.9 Å². The van der Waals surface area contributed by atoms with E-state index in [1.165, 1.54) is 11.1 Å². The minimum atomic E-state index is 0.775. The molecule has 112 valence electrons. The topological polar surface area (TPSA) is 41.1 Å². The van der Waals surface area contributed by atoms with Crippen LogP contribution in [0.3, 0.4) is 0 Å². The molecule has 0 bridgehead atoms. The fourth-order valence-electron chi connectivity index (χ4n) is 2.41. The maximum atomic E-state index is 4.63. The molecule has 1 aromatic carbocycles. The van der Waals surface area contributed by atoms with E-state index in [9.17, 15) is 0 Å². The van der Waals surface area contributed by atoms with Crippen molar-refractivity contribution in [1.29, 1.82) is 0 Å².